The first kappa shape index (κ1) is 10.3. The second-order valence-corrected chi connectivity index (χ2v) is 3.49. The summed E-state index contributed by atoms with van der Waals surface area (Å²) in [6, 6.07) is 4.25. The zero-order valence-corrected chi connectivity index (χ0v) is 8.80. The lowest BCUT2D eigenvalue weighted by atomic mass is 10.2. The summed E-state index contributed by atoms with van der Waals surface area (Å²) in [7, 11) is 1.62. The molecule has 0 N–H and O–H groups in total. The summed E-state index contributed by atoms with van der Waals surface area (Å²) in [6.45, 7) is 1.58. The van der Waals surface area contributed by atoms with Crippen LogP contribution in [0.1, 0.15) is 5.69 Å². The van der Waals surface area contributed by atoms with Crippen LogP contribution in [0.15, 0.2) is 23.0 Å². The van der Waals surface area contributed by atoms with Crippen molar-refractivity contribution in [2.75, 3.05) is 0 Å². The van der Waals surface area contributed by atoms with Gasteiger partial charge in [0.2, 0.25) is 0 Å². The minimum Gasteiger partial charge on any atom is -0.308 e. The van der Waals surface area contributed by atoms with Gasteiger partial charge in [-0.25, -0.2) is 4.98 Å². The van der Waals surface area contributed by atoms with Crippen LogP contribution in [0, 0.1) is 17.0 Å². The number of hydrogen-bond donors (Lipinski definition) is 0. The van der Waals surface area contributed by atoms with Gasteiger partial charge in [-0.3, -0.25) is 14.9 Å². The van der Waals surface area contributed by atoms with Gasteiger partial charge in [-0.15, -0.1) is 0 Å². The second-order valence-electron chi connectivity index (χ2n) is 3.49. The average Bonchev–Trinajstić information content (AvgIpc) is 2.25. The number of benzene rings is 1. The smallest absolute Gasteiger partial charge is 0.272 e. The Bertz CT molecular complexity index is 646. The van der Waals surface area contributed by atoms with E-state index in [1.165, 1.54) is 22.8 Å². The number of hydrogen-bond acceptors (Lipinski definition) is 4. The van der Waals surface area contributed by atoms with Gasteiger partial charge in [-0.2, -0.15) is 0 Å². The zero-order chi connectivity index (χ0) is 11.9. The molecule has 82 valence electrons. The summed E-state index contributed by atoms with van der Waals surface area (Å²) in [5.74, 6) is 0. The van der Waals surface area contributed by atoms with Crippen molar-refractivity contribution >= 4 is 16.7 Å². The molecule has 0 amide bonds. The van der Waals surface area contributed by atoms with Crippen molar-refractivity contribution in [3.8, 4) is 0 Å². The van der Waals surface area contributed by atoms with E-state index in [-0.39, 0.29) is 11.2 Å². The highest BCUT2D eigenvalue weighted by Crippen LogP contribution is 2.17. The minimum atomic E-state index is -0.485. The quantitative estimate of drug-likeness (QED) is 0.532. The molecular weight excluding hydrogens is 210 g/mol. The van der Waals surface area contributed by atoms with E-state index in [9.17, 15) is 14.9 Å². The Morgan fingerprint density at radius 1 is 1.44 bits per heavy atom. The van der Waals surface area contributed by atoms with Crippen LogP contribution >= 0.6 is 0 Å². The Balaban J connectivity index is 2.86. The standard InChI is InChI=1S/C10H9N3O3/c1-6-10(14)12(2)9-4-3-7(13(15)16)5-8(9)11-6/h3-5H,1-2H3. The first-order chi connectivity index (χ1) is 7.50. The summed E-state index contributed by atoms with van der Waals surface area (Å²) >= 11 is 0. The predicted molar refractivity (Wildman–Crippen MR) is 58.4 cm³/mol. The summed E-state index contributed by atoms with van der Waals surface area (Å²) < 4.78 is 1.43. The van der Waals surface area contributed by atoms with Gasteiger partial charge in [-0.1, -0.05) is 0 Å². The molecule has 1 aromatic carbocycles. The molecule has 0 saturated heterocycles. The van der Waals surface area contributed by atoms with Gasteiger partial charge >= 0.3 is 0 Å². The van der Waals surface area contributed by atoms with Crippen molar-refractivity contribution in [2.45, 2.75) is 6.92 Å². The van der Waals surface area contributed by atoms with E-state index in [1.807, 2.05) is 0 Å². The van der Waals surface area contributed by atoms with Gasteiger partial charge in [0.05, 0.1) is 16.0 Å². The SMILES string of the molecule is Cc1nc2cc([N+](=O)[O-])ccc2n(C)c1=O. The van der Waals surface area contributed by atoms with Crippen LogP contribution in [-0.2, 0) is 7.05 Å². The van der Waals surface area contributed by atoms with Crippen LogP contribution in [0.2, 0.25) is 0 Å². The number of rotatable bonds is 1. The number of aryl methyl sites for hydroxylation is 2. The number of nitro groups is 1. The van der Waals surface area contributed by atoms with Crippen molar-refractivity contribution < 1.29 is 4.92 Å². The molecule has 0 aliphatic heterocycles. The average molecular weight is 219 g/mol. The number of fused-ring (bicyclic) bond motifs is 1. The lowest BCUT2D eigenvalue weighted by Gasteiger charge is -2.04. The highest BCUT2D eigenvalue weighted by Gasteiger charge is 2.10. The highest BCUT2D eigenvalue weighted by atomic mass is 16.6. The van der Waals surface area contributed by atoms with E-state index in [4.69, 9.17) is 0 Å². The van der Waals surface area contributed by atoms with Crippen LogP contribution in [0.4, 0.5) is 5.69 Å². The Hall–Kier alpha value is -2.24. The third-order valence-corrected chi connectivity index (χ3v) is 2.43. The van der Waals surface area contributed by atoms with Crippen LogP contribution < -0.4 is 5.56 Å². The van der Waals surface area contributed by atoms with Gasteiger partial charge in [0.1, 0.15) is 5.69 Å². The number of non-ortho nitro benzene ring substituents is 1. The molecule has 0 aliphatic rings. The fourth-order valence-electron chi connectivity index (χ4n) is 1.58. The Morgan fingerprint density at radius 2 is 2.12 bits per heavy atom. The summed E-state index contributed by atoms with van der Waals surface area (Å²) in [6.07, 6.45) is 0. The third-order valence-electron chi connectivity index (χ3n) is 2.43. The maximum atomic E-state index is 11.6. The Kier molecular flexibility index (Phi) is 2.19. The van der Waals surface area contributed by atoms with Gasteiger partial charge in [-0.05, 0) is 13.0 Å². The van der Waals surface area contributed by atoms with Crippen molar-refractivity contribution in [1.29, 1.82) is 0 Å². The van der Waals surface area contributed by atoms with Gasteiger partial charge in [0, 0.05) is 19.2 Å². The van der Waals surface area contributed by atoms with Crippen molar-refractivity contribution in [3.05, 3.63) is 44.4 Å². The molecule has 1 heterocycles. The molecular formula is C10H9N3O3. The lowest BCUT2D eigenvalue weighted by Crippen LogP contribution is -2.21. The zero-order valence-electron chi connectivity index (χ0n) is 8.80. The number of nitro benzene ring substituents is 1. The summed E-state index contributed by atoms with van der Waals surface area (Å²) in [5, 5.41) is 10.6. The molecule has 2 rings (SSSR count). The van der Waals surface area contributed by atoms with E-state index in [0.29, 0.717) is 16.7 Å². The van der Waals surface area contributed by atoms with E-state index < -0.39 is 4.92 Å². The van der Waals surface area contributed by atoms with Crippen LogP contribution in [0.5, 0.6) is 0 Å². The van der Waals surface area contributed by atoms with Crippen molar-refractivity contribution in [3.63, 3.8) is 0 Å². The molecule has 0 fully saturated rings. The Labute approximate surface area is 90.3 Å². The van der Waals surface area contributed by atoms with Gasteiger partial charge < -0.3 is 4.57 Å². The largest absolute Gasteiger partial charge is 0.308 e. The normalized spacial score (nSPS) is 10.6. The lowest BCUT2D eigenvalue weighted by molar-refractivity contribution is -0.384. The van der Waals surface area contributed by atoms with E-state index in [2.05, 4.69) is 4.98 Å². The van der Waals surface area contributed by atoms with Crippen molar-refractivity contribution in [1.82, 2.24) is 9.55 Å². The molecule has 0 saturated carbocycles. The molecule has 0 atom stereocenters. The van der Waals surface area contributed by atoms with E-state index in [1.54, 1.807) is 14.0 Å². The van der Waals surface area contributed by atoms with E-state index >= 15 is 0 Å². The number of nitrogens with zero attached hydrogens (tertiary/aromatic N) is 3. The van der Waals surface area contributed by atoms with Crippen LogP contribution in [0.25, 0.3) is 11.0 Å². The third kappa shape index (κ3) is 1.44. The van der Waals surface area contributed by atoms with Crippen LogP contribution in [-0.4, -0.2) is 14.5 Å². The van der Waals surface area contributed by atoms with Crippen molar-refractivity contribution in [2.24, 2.45) is 7.05 Å². The van der Waals surface area contributed by atoms with Gasteiger partial charge in [0.25, 0.3) is 11.2 Å². The highest BCUT2D eigenvalue weighted by molar-refractivity contribution is 5.77. The fourth-order valence-corrected chi connectivity index (χ4v) is 1.58. The van der Waals surface area contributed by atoms with E-state index in [0.717, 1.165) is 0 Å². The second kappa shape index (κ2) is 3.41. The maximum Gasteiger partial charge on any atom is 0.272 e. The molecule has 2 aromatic rings. The van der Waals surface area contributed by atoms with Gasteiger partial charge in [0.15, 0.2) is 0 Å². The topological polar surface area (TPSA) is 78.0 Å². The molecule has 0 radical (unpaired) electrons. The summed E-state index contributed by atoms with van der Waals surface area (Å²) in [5.41, 5.74) is 1.14. The number of aromatic nitrogens is 2. The molecule has 6 heteroatoms. The molecule has 16 heavy (non-hydrogen) atoms. The molecule has 0 spiro atoms. The Morgan fingerprint density at radius 3 is 2.75 bits per heavy atom. The van der Waals surface area contributed by atoms with Crippen LogP contribution in [0.3, 0.4) is 0 Å². The predicted octanol–water partition coefficient (Wildman–Crippen LogP) is 1.15. The fraction of sp³-hybridized carbons (Fsp3) is 0.200. The molecule has 0 unspecified atom stereocenters. The first-order valence-electron chi connectivity index (χ1n) is 4.62. The summed E-state index contributed by atoms with van der Waals surface area (Å²) in [4.78, 5) is 25.7. The molecule has 1 aromatic heterocycles. The first-order valence-corrected chi connectivity index (χ1v) is 4.62. The molecule has 0 aliphatic carbocycles. The molecule has 6 nitrogen and oxygen atoms in total. The monoisotopic (exact) mass is 219 g/mol. The maximum absolute atomic E-state index is 11.6. The molecule has 0 bridgehead atoms. The minimum absolute atomic E-state index is 0.0296.